The second-order valence-corrected chi connectivity index (χ2v) is 4.22. The van der Waals surface area contributed by atoms with E-state index in [4.69, 9.17) is 9.47 Å². The highest BCUT2D eigenvalue weighted by Crippen LogP contribution is 2.28. The third-order valence-corrected chi connectivity index (χ3v) is 2.82. The van der Waals surface area contributed by atoms with Crippen LogP contribution >= 0.6 is 0 Å². The lowest BCUT2D eigenvalue weighted by atomic mass is 10.1. The molecule has 0 aromatic heterocycles. The molecule has 0 aliphatic carbocycles. The van der Waals surface area contributed by atoms with Crippen molar-refractivity contribution >= 4 is 16.7 Å². The minimum atomic E-state index is -0.510. The molecule has 2 aromatic rings. The molecule has 0 bridgehead atoms. The number of ether oxygens (including phenoxy) is 2. The number of phenolic OH excluding ortho intramolecular Hbond substituents is 1. The lowest BCUT2D eigenvalue weighted by Crippen LogP contribution is -2.06. The summed E-state index contributed by atoms with van der Waals surface area (Å²) >= 11 is 0. The molecule has 4 nitrogen and oxygen atoms in total. The van der Waals surface area contributed by atoms with Crippen molar-refractivity contribution in [1.82, 2.24) is 0 Å². The zero-order chi connectivity index (χ0) is 13.8. The molecule has 4 heteroatoms. The zero-order valence-electron chi connectivity index (χ0n) is 11.0. The summed E-state index contributed by atoms with van der Waals surface area (Å²) in [6.45, 7) is 2.26. The number of carbonyl (C=O) groups excluding carboxylic acids is 1. The molecule has 0 atom stereocenters. The first kappa shape index (κ1) is 13.2. The topological polar surface area (TPSA) is 55.8 Å². The molecule has 0 heterocycles. The van der Waals surface area contributed by atoms with E-state index in [9.17, 15) is 9.90 Å². The first-order chi connectivity index (χ1) is 9.15. The van der Waals surface area contributed by atoms with Crippen LogP contribution in [0.4, 0.5) is 0 Å². The van der Waals surface area contributed by atoms with Crippen LogP contribution in [-0.2, 0) is 4.74 Å². The molecule has 0 fully saturated rings. The molecule has 0 saturated heterocycles. The van der Waals surface area contributed by atoms with E-state index in [-0.39, 0.29) is 11.3 Å². The molecule has 0 aliphatic heterocycles. The van der Waals surface area contributed by atoms with Crippen molar-refractivity contribution in [3.05, 3.63) is 35.9 Å². The zero-order valence-corrected chi connectivity index (χ0v) is 11.0. The number of hydrogen-bond donors (Lipinski definition) is 1. The van der Waals surface area contributed by atoms with Gasteiger partial charge < -0.3 is 14.6 Å². The fourth-order valence-electron chi connectivity index (χ4n) is 1.83. The Hall–Kier alpha value is -2.23. The van der Waals surface area contributed by atoms with Gasteiger partial charge in [0.1, 0.15) is 17.1 Å². The van der Waals surface area contributed by atoms with Crippen LogP contribution in [-0.4, -0.2) is 24.8 Å². The maximum atomic E-state index is 11.8. The summed E-state index contributed by atoms with van der Waals surface area (Å²) in [6, 6.07) is 8.61. The molecule has 0 aliphatic rings. The van der Waals surface area contributed by atoms with Gasteiger partial charge in [-0.1, -0.05) is 13.0 Å². The number of hydrogen-bond acceptors (Lipinski definition) is 4. The van der Waals surface area contributed by atoms with Crippen molar-refractivity contribution in [2.24, 2.45) is 0 Å². The van der Waals surface area contributed by atoms with E-state index < -0.39 is 5.97 Å². The number of fused-ring (bicyclic) bond motifs is 1. The minimum Gasteiger partial charge on any atom is -0.507 e. The van der Waals surface area contributed by atoms with Gasteiger partial charge in [-0.3, -0.25) is 0 Å². The quantitative estimate of drug-likeness (QED) is 0.858. The van der Waals surface area contributed by atoms with Crippen LogP contribution in [0.15, 0.2) is 30.3 Å². The predicted molar refractivity (Wildman–Crippen MR) is 72.7 cm³/mol. The van der Waals surface area contributed by atoms with Gasteiger partial charge in [-0.15, -0.1) is 0 Å². The summed E-state index contributed by atoms with van der Waals surface area (Å²) in [5.41, 5.74) is 0.175. The Morgan fingerprint density at radius 3 is 2.68 bits per heavy atom. The normalized spacial score (nSPS) is 10.4. The Bertz CT molecular complexity index is 604. The second-order valence-electron chi connectivity index (χ2n) is 4.22. The van der Waals surface area contributed by atoms with E-state index in [1.807, 2.05) is 19.1 Å². The molecule has 0 unspecified atom stereocenters. The number of carbonyl (C=O) groups is 1. The molecular formula is C15H16O4. The molecule has 2 aromatic carbocycles. The molecule has 0 spiro atoms. The highest BCUT2D eigenvalue weighted by molar-refractivity contribution is 5.98. The van der Waals surface area contributed by atoms with Crippen molar-refractivity contribution in [3.8, 4) is 11.5 Å². The highest BCUT2D eigenvalue weighted by atomic mass is 16.5. The van der Waals surface area contributed by atoms with Gasteiger partial charge in [-0.25, -0.2) is 4.79 Å². The summed E-state index contributed by atoms with van der Waals surface area (Å²) in [7, 11) is 1.58. The molecule has 19 heavy (non-hydrogen) atoms. The van der Waals surface area contributed by atoms with Gasteiger partial charge in [0.05, 0.1) is 13.7 Å². The van der Waals surface area contributed by atoms with E-state index in [1.165, 1.54) is 0 Å². The van der Waals surface area contributed by atoms with Crippen molar-refractivity contribution in [2.45, 2.75) is 13.3 Å². The van der Waals surface area contributed by atoms with Gasteiger partial charge in [0.15, 0.2) is 0 Å². The van der Waals surface area contributed by atoms with E-state index in [2.05, 4.69) is 0 Å². The average Bonchev–Trinajstić information content (AvgIpc) is 2.43. The van der Waals surface area contributed by atoms with Gasteiger partial charge in [-0.05, 0) is 41.5 Å². The van der Waals surface area contributed by atoms with E-state index in [0.29, 0.717) is 12.4 Å². The van der Waals surface area contributed by atoms with Crippen molar-refractivity contribution in [1.29, 1.82) is 0 Å². The van der Waals surface area contributed by atoms with Gasteiger partial charge in [0.2, 0.25) is 0 Å². The number of aromatic hydroxyl groups is 1. The van der Waals surface area contributed by atoms with Crippen LogP contribution in [0.25, 0.3) is 10.8 Å². The summed E-state index contributed by atoms with van der Waals surface area (Å²) < 4.78 is 10.2. The Morgan fingerprint density at radius 1 is 1.21 bits per heavy atom. The number of esters is 1. The minimum absolute atomic E-state index is 0.0706. The predicted octanol–water partition coefficient (Wildman–Crippen LogP) is 3.12. The summed E-state index contributed by atoms with van der Waals surface area (Å²) in [5.74, 6) is 0.119. The van der Waals surface area contributed by atoms with Crippen LogP contribution in [0.3, 0.4) is 0 Å². The van der Waals surface area contributed by atoms with E-state index in [0.717, 1.165) is 17.2 Å². The second kappa shape index (κ2) is 5.61. The van der Waals surface area contributed by atoms with Gasteiger partial charge >= 0.3 is 5.97 Å². The molecular weight excluding hydrogens is 244 g/mol. The largest absolute Gasteiger partial charge is 0.507 e. The fourth-order valence-corrected chi connectivity index (χ4v) is 1.83. The average molecular weight is 260 g/mol. The maximum absolute atomic E-state index is 11.8. The van der Waals surface area contributed by atoms with Crippen LogP contribution < -0.4 is 4.74 Å². The number of methoxy groups -OCH3 is 1. The summed E-state index contributed by atoms with van der Waals surface area (Å²) in [6.07, 6.45) is 0.744. The van der Waals surface area contributed by atoms with Gasteiger partial charge in [0.25, 0.3) is 0 Å². The number of benzene rings is 2. The molecule has 0 amide bonds. The highest BCUT2D eigenvalue weighted by Gasteiger charge is 2.13. The maximum Gasteiger partial charge on any atom is 0.341 e. The third kappa shape index (κ3) is 2.78. The lowest BCUT2D eigenvalue weighted by molar-refractivity contribution is 0.0502. The van der Waals surface area contributed by atoms with Gasteiger partial charge in [-0.2, -0.15) is 0 Å². The third-order valence-electron chi connectivity index (χ3n) is 2.82. The molecule has 100 valence electrons. The van der Waals surface area contributed by atoms with E-state index >= 15 is 0 Å². The van der Waals surface area contributed by atoms with Crippen molar-refractivity contribution in [2.75, 3.05) is 13.7 Å². The Kier molecular flexibility index (Phi) is 3.90. The van der Waals surface area contributed by atoms with Gasteiger partial charge in [0, 0.05) is 0 Å². The Morgan fingerprint density at radius 2 is 2.00 bits per heavy atom. The van der Waals surface area contributed by atoms with Crippen LogP contribution in [0.5, 0.6) is 11.5 Å². The Labute approximate surface area is 111 Å². The first-order valence-electron chi connectivity index (χ1n) is 6.13. The van der Waals surface area contributed by atoms with E-state index in [1.54, 1.807) is 25.3 Å². The molecule has 2 rings (SSSR count). The summed E-state index contributed by atoms with van der Waals surface area (Å²) in [5, 5.41) is 11.5. The SMILES string of the molecule is CCCOC(=O)c1cc2cc(OC)ccc2cc1O. The molecule has 0 radical (unpaired) electrons. The molecule has 1 N–H and O–H groups in total. The summed E-state index contributed by atoms with van der Waals surface area (Å²) in [4.78, 5) is 11.8. The lowest BCUT2D eigenvalue weighted by Gasteiger charge is -2.08. The number of phenols is 1. The monoisotopic (exact) mass is 260 g/mol. The smallest absolute Gasteiger partial charge is 0.341 e. The Balaban J connectivity index is 2.43. The van der Waals surface area contributed by atoms with Crippen LogP contribution in [0.2, 0.25) is 0 Å². The standard InChI is InChI=1S/C15H16O4/c1-3-6-19-15(17)13-8-11-7-12(18-2)5-4-10(11)9-14(13)16/h4-5,7-9,16H,3,6H2,1-2H3. The first-order valence-corrected chi connectivity index (χ1v) is 6.13. The van der Waals surface area contributed by atoms with Crippen molar-refractivity contribution in [3.63, 3.8) is 0 Å². The fraction of sp³-hybridized carbons (Fsp3) is 0.267. The molecule has 0 saturated carbocycles. The number of rotatable bonds is 4. The van der Waals surface area contributed by atoms with Crippen molar-refractivity contribution < 1.29 is 19.4 Å². The van der Waals surface area contributed by atoms with Crippen LogP contribution in [0.1, 0.15) is 23.7 Å². The van der Waals surface area contributed by atoms with Crippen LogP contribution in [0, 0.1) is 0 Å².